The number of aryl methyl sites for hydroxylation is 3. The van der Waals surface area contributed by atoms with Crippen LogP contribution in [0.25, 0.3) is 11.0 Å². The summed E-state index contributed by atoms with van der Waals surface area (Å²) in [6.45, 7) is 0.699. The van der Waals surface area contributed by atoms with Crippen LogP contribution < -0.4 is 5.73 Å². The van der Waals surface area contributed by atoms with Crippen molar-refractivity contribution in [3.63, 3.8) is 0 Å². The highest BCUT2D eigenvalue weighted by molar-refractivity contribution is 9.10. The molecule has 0 bridgehead atoms. The first-order valence-corrected chi connectivity index (χ1v) is 10.9. The molecule has 0 fully saturated rings. The third-order valence-electron chi connectivity index (χ3n) is 5.44. The fraction of sp³-hybridized carbons (Fsp3) is 0.200. The molecule has 3 aromatic carbocycles. The van der Waals surface area contributed by atoms with Crippen LogP contribution in [0.2, 0.25) is 0 Å². The van der Waals surface area contributed by atoms with Gasteiger partial charge < -0.3 is 15.1 Å². The van der Waals surface area contributed by atoms with Gasteiger partial charge in [0.1, 0.15) is 6.29 Å². The van der Waals surface area contributed by atoms with Crippen LogP contribution in [0.3, 0.4) is 0 Å². The normalized spacial score (nSPS) is 11.1. The molecule has 0 saturated carbocycles. The van der Waals surface area contributed by atoms with Crippen molar-refractivity contribution in [1.82, 2.24) is 9.55 Å². The van der Waals surface area contributed by atoms with Gasteiger partial charge in [-0.3, -0.25) is 0 Å². The quantitative estimate of drug-likeness (QED) is 0.360. The number of nitrogens with two attached hydrogens (primary N) is 1. The Labute approximate surface area is 184 Å². The number of imidazole rings is 1. The van der Waals surface area contributed by atoms with Crippen LogP contribution in [0.1, 0.15) is 28.7 Å². The SMILES string of the molecule is Nc1nc2cc(Br)ccc2n1Cc1ccccc1CCc1ccc(CCC=O)cc1. The van der Waals surface area contributed by atoms with E-state index < -0.39 is 0 Å². The Morgan fingerprint density at radius 3 is 2.33 bits per heavy atom. The number of nitrogens with zero attached hydrogens (tertiary/aromatic N) is 2. The van der Waals surface area contributed by atoms with Crippen molar-refractivity contribution in [3.05, 3.63) is 93.5 Å². The molecular weight excluding hydrogens is 438 g/mol. The summed E-state index contributed by atoms with van der Waals surface area (Å²) >= 11 is 3.50. The highest BCUT2D eigenvalue weighted by Crippen LogP contribution is 2.24. The van der Waals surface area contributed by atoms with Crippen molar-refractivity contribution >= 4 is 39.2 Å². The lowest BCUT2D eigenvalue weighted by Gasteiger charge is -2.12. The molecule has 0 spiro atoms. The number of rotatable bonds is 8. The number of carbonyl (C=O) groups excluding carboxylic acids is 1. The molecule has 0 aliphatic carbocycles. The molecule has 0 aliphatic rings. The Morgan fingerprint density at radius 2 is 1.60 bits per heavy atom. The monoisotopic (exact) mass is 461 g/mol. The van der Waals surface area contributed by atoms with E-state index in [0.717, 1.165) is 41.1 Å². The third kappa shape index (κ3) is 4.62. The summed E-state index contributed by atoms with van der Waals surface area (Å²) in [6, 6.07) is 23.2. The summed E-state index contributed by atoms with van der Waals surface area (Å²) in [4.78, 5) is 15.1. The van der Waals surface area contributed by atoms with Gasteiger partial charge in [0.15, 0.2) is 0 Å². The van der Waals surface area contributed by atoms with Gasteiger partial charge in [-0.05, 0) is 59.7 Å². The van der Waals surface area contributed by atoms with Crippen LogP contribution in [0.5, 0.6) is 0 Å². The van der Waals surface area contributed by atoms with E-state index in [2.05, 4.69) is 80.1 Å². The molecule has 0 radical (unpaired) electrons. The van der Waals surface area contributed by atoms with Crippen LogP contribution in [0, 0.1) is 0 Å². The summed E-state index contributed by atoms with van der Waals surface area (Å²) < 4.78 is 3.07. The summed E-state index contributed by atoms with van der Waals surface area (Å²) in [6.07, 6.45) is 4.29. The first-order valence-electron chi connectivity index (χ1n) is 10.1. The second-order valence-corrected chi connectivity index (χ2v) is 8.40. The van der Waals surface area contributed by atoms with Gasteiger partial charge in [-0.1, -0.05) is 64.5 Å². The van der Waals surface area contributed by atoms with Gasteiger partial charge in [0.25, 0.3) is 0 Å². The molecule has 5 heteroatoms. The number of fused-ring (bicyclic) bond motifs is 1. The van der Waals surface area contributed by atoms with Crippen LogP contribution in [-0.4, -0.2) is 15.8 Å². The predicted octanol–water partition coefficient (Wildman–Crippen LogP) is 5.35. The molecule has 4 nitrogen and oxygen atoms in total. The first-order chi connectivity index (χ1) is 14.6. The fourth-order valence-electron chi connectivity index (χ4n) is 3.79. The largest absolute Gasteiger partial charge is 0.369 e. The van der Waals surface area contributed by atoms with E-state index in [-0.39, 0.29) is 0 Å². The summed E-state index contributed by atoms with van der Waals surface area (Å²) in [5, 5.41) is 0. The molecule has 2 N–H and O–H groups in total. The summed E-state index contributed by atoms with van der Waals surface area (Å²) in [5.74, 6) is 0.531. The highest BCUT2D eigenvalue weighted by Gasteiger charge is 2.11. The Balaban J connectivity index is 1.51. The number of aromatic nitrogens is 2. The topological polar surface area (TPSA) is 60.9 Å². The predicted molar refractivity (Wildman–Crippen MR) is 126 cm³/mol. The second kappa shape index (κ2) is 9.26. The van der Waals surface area contributed by atoms with Gasteiger partial charge in [-0.25, -0.2) is 4.98 Å². The standard InChI is InChI=1S/C25H24BrN3O/c26-22-13-14-24-23(16-22)28-25(27)29(24)17-21-6-2-1-5-20(21)12-11-19-9-7-18(8-10-19)4-3-15-30/h1-2,5-10,13-16H,3-4,11-12,17H2,(H2,27,28). The minimum absolute atomic E-state index is 0.531. The zero-order chi connectivity index (χ0) is 20.9. The Hall–Kier alpha value is -2.92. The van der Waals surface area contributed by atoms with Crippen molar-refractivity contribution in [2.45, 2.75) is 32.2 Å². The van der Waals surface area contributed by atoms with Crippen molar-refractivity contribution in [2.24, 2.45) is 0 Å². The first kappa shape index (κ1) is 20.4. The van der Waals surface area contributed by atoms with E-state index in [0.29, 0.717) is 18.9 Å². The molecule has 0 amide bonds. The Kier molecular flexibility index (Phi) is 6.29. The molecule has 4 rings (SSSR count). The van der Waals surface area contributed by atoms with Crippen molar-refractivity contribution in [2.75, 3.05) is 5.73 Å². The minimum Gasteiger partial charge on any atom is -0.369 e. The number of carbonyl (C=O) groups is 1. The zero-order valence-electron chi connectivity index (χ0n) is 16.7. The number of aldehydes is 1. The number of nitrogen functional groups attached to an aromatic ring is 1. The third-order valence-corrected chi connectivity index (χ3v) is 5.94. The molecule has 0 saturated heterocycles. The maximum absolute atomic E-state index is 10.5. The van der Waals surface area contributed by atoms with Gasteiger partial charge >= 0.3 is 0 Å². The van der Waals surface area contributed by atoms with Gasteiger partial charge in [0, 0.05) is 10.9 Å². The maximum atomic E-state index is 10.5. The van der Waals surface area contributed by atoms with Crippen molar-refractivity contribution in [1.29, 1.82) is 0 Å². The Morgan fingerprint density at radius 1 is 0.900 bits per heavy atom. The Bertz CT molecular complexity index is 1160. The minimum atomic E-state index is 0.531. The molecule has 0 unspecified atom stereocenters. The molecule has 1 aromatic heterocycles. The molecule has 30 heavy (non-hydrogen) atoms. The van der Waals surface area contributed by atoms with Crippen molar-refractivity contribution < 1.29 is 4.79 Å². The summed E-state index contributed by atoms with van der Waals surface area (Å²) in [5.41, 5.74) is 13.3. The van der Waals surface area contributed by atoms with E-state index in [9.17, 15) is 4.79 Å². The van der Waals surface area contributed by atoms with Crippen LogP contribution in [0.4, 0.5) is 5.95 Å². The molecule has 0 atom stereocenters. The van der Waals surface area contributed by atoms with E-state index in [1.807, 2.05) is 12.1 Å². The number of halogens is 1. The van der Waals surface area contributed by atoms with Crippen LogP contribution in [-0.2, 0) is 30.6 Å². The molecule has 1 heterocycles. The zero-order valence-corrected chi connectivity index (χ0v) is 18.3. The van der Waals surface area contributed by atoms with Gasteiger partial charge in [-0.15, -0.1) is 0 Å². The van der Waals surface area contributed by atoms with Crippen molar-refractivity contribution in [3.8, 4) is 0 Å². The number of hydrogen-bond acceptors (Lipinski definition) is 3. The molecular formula is C25H24BrN3O. The fourth-order valence-corrected chi connectivity index (χ4v) is 4.14. The highest BCUT2D eigenvalue weighted by atomic mass is 79.9. The van der Waals surface area contributed by atoms with E-state index >= 15 is 0 Å². The molecule has 0 aliphatic heterocycles. The number of anilines is 1. The van der Waals surface area contributed by atoms with Crippen LogP contribution >= 0.6 is 15.9 Å². The maximum Gasteiger partial charge on any atom is 0.201 e. The van der Waals surface area contributed by atoms with Gasteiger partial charge in [-0.2, -0.15) is 0 Å². The smallest absolute Gasteiger partial charge is 0.201 e. The van der Waals surface area contributed by atoms with Crippen LogP contribution in [0.15, 0.2) is 71.2 Å². The average molecular weight is 462 g/mol. The average Bonchev–Trinajstić information content (AvgIpc) is 3.06. The molecule has 4 aromatic rings. The lowest BCUT2D eigenvalue weighted by molar-refractivity contribution is -0.107. The van der Waals surface area contributed by atoms with E-state index in [4.69, 9.17) is 5.73 Å². The lowest BCUT2D eigenvalue weighted by Crippen LogP contribution is -2.07. The number of hydrogen-bond donors (Lipinski definition) is 1. The second-order valence-electron chi connectivity index (χ2n) is 7.48. The van der Waals surface area contributed by atoms with Gasteiger partial charge in [0.05, 0.1) is 17.6 Å². The van der Waals surface area contributed by atoms with E-state index in [1.54, 1.807) is 0 Å². The summed E-state index contributed by atoms with van der Waals surface area (Å²) in [7, 11) is 0. The van der Waals surface area contributed by atoms with Gasteiger partial charge in [0.2, 0.25) is 5.95 Å². The number of benzene rings is 3. The lowest BCUT2D eigenvalue weighted by atomic mass is 9.98. The molecule has 152 valence electrons. The van der Waals surface area contributed by atoms with E-state index in [1.165, 1.54) is 22.3 Å².